The largest absolute Gasteiger partial charge is 0.483 e. The number of amides is 2. The Morgan fingerprint density at radius 3 is 2.74 bits per heavy atom. The normalized spacial score (nSPS) is 16.1. The van der Waals surface area contributed by atoms with Crippen LogP contribution >= 0.6 is 0 Å². The Morgan fingerprint density at radius 2 is 1.89 bits per heavy atom. The van der Waals surface area contributed by atoms with Crippen molar-refractivity contribution in [3.8, 4) is 5.75 Å². The first-order chi connectivity index (χ1) is 13.2. The quantitative estimate of drug-likeness (QED) is 0.880. The van der Waals surface area contributed by atoms with Gasteiger partial charge in [-0.3, -0.25) is 9.59 Å². The molecule has 4 rings (SSSR count). The molecule has 27 heavy (non-hydrogen) atoms. The molecule has 0 unspecified atom stereocenters. The molecule has 0 aromatic heterocycles. The van der Waals surface area contributed by atoms with E-state index >= 15 is 0 Å². The summed E-state index contributed by atoms with van der Waals surface area (Å²) < 4.78 is 5.81. The highest BCUT2D eigenvalue weighted by molar-refractivity contribution is 5.97. The third-order valence-corrected chi connectivity index (χ3v) is 5.23. The molecule has 0 radical (unpaired) electrons. The third kappa shape index (κ3) is 3.97. The van der Waals surface area contributed by atoms with Gasteiger partial charge >= 0.3 is 0 Å². The van der Waals surface area contributed by atoms with E-state index in [1.165, 1.54) is 24.0 Å². The predicted octanol–water partition coefficient (Wildman–Crippen LogP) is 3.71. The molecule has 1 saturated heterocycles. The molecule has 1 N–H and O–H groups in total. The number of carbonyl (C=O) groups is 2. The molecule has 2 aliphatic rings. The molecule has 1 aliphatic heterocycles. The standard InChI is InChI=1S/C22H24N2O3/c25-21(15-27-20-11-3-7-16-6-1-2-10-19(16)20)23-17-8-4-9-18(14-17)24-13-5-12-22(24)26/h3-4,7-9,11,14H,1-2,5-6,10,12-13,15H2,(H,23,25). The van der Waals surface area contributed by atoms with E-state index in [-0.39, 0.29) is 18.4 Å². The van der Waals surface area contributed by atoms with Gasteiger partial charge in [-0.1, -0.05) is 18.2 Å². The van der Waals surface area contributed by atoms with Crippen LogP contribution in [-0.2, 0) is 22.4 Å². The summed E-state index contributed by atoms with van der Waals surface area (Å²) in [6.45, 7) is 0.710. The van der Waals surface area contributed by atoms with E-state index in [1.54, 1.807) is 4.90 Å². The van der Waals surface area contributed by atoms with E-state index in [9.17, 15) is 9.59 Å². The van der Waals surface area contributed by atoms with Gasteiger partial charge in [0.2, 0.25) is 5.91 Å². The molecule has 1 aliphatic carbocycles. The average molecular weight is 364 g/mol. The van der Waals surface area contributed by atoms with Crippen LogP contribution < -0.4 is 15.0 Å². The highest BCUT2D eigenvalue weighted by Gasteiger charge is 2.22. The number of carbonyl (C=O) groups excluding carboxylic acids is 2. The fourth-order valence-electron chi connectivity index (χ4n) is 3.89. The highest BCUT2D eigenvalue weighted by Crippen LogP contribution is 2.29. The number of aryl methyl sites for hydroxylation is 1. The Hall–Kier alpha value is -2.82. The summed E-state index contributed by atoms with van der Waals surface area (Å²) in [5, 5.41) is 2.87. The van der Waals surface area contributed by atoms with E-state index in [0.717, 1.165) is 37.2 Å². The Kier molecular flexibility index (Phi) is 5.10. The van der Waals surface area contributed by atoms with Gasteiger partial charge in [0.05, 0.1) is 0 Å². The van der Waals surface area contributed by atoms with Crippen molar-refractivity contribution in [1.82, 2.24) is 0 Å². The number of hydrogen-bond acceptors (Lipinski definition) is 3. The van der Waals surface area contributed by atoms with Crippen molar-refractivity contribution in [2.75, 3.05) is 23.4 Å². The lowest BCUT2D eigenvalue weighted by atomic mass is 9.91. The Labute approximate surface area is 159 Å². The Morgan fingerprint density at radius 1 is 1.04 bits per heavy atom. The van der Waals surface area contributed by atoms with Crippen LogP contribution in [-0.4, -0.2) is 25.0 Å². The van der Waals surface area contributed by atoms with E-state index < -0.39 is 0 Å². The first-order valence-electron chi connectivity index (χ1n) is 9.64. The molecule has 0 spiro atoms. The van der Waals surface area contributed by atoms with Crippen LogP contribution in [0.15, 0.2) is 42.5 Å². The number of ether oxygens (including phenoxy) is 1. The van der Waals surface area contributed by atoms with Crippen molar-refractivity contribution in [1.29, 1.82) is 0 Å². The number of hydrogen-bond donors (Lipinski definition) is 1. The van der Waals surface area contributed by atoms with Crippen molar-refractivity contribution in [2.45, 2.75) is 38.5 Å². The van der Waals surface area contributed by atoms with Crippen LogP contribution in [0.5, 0.6) is 5.75 Å². The van der Waals surface area contributed by atoms with Gasteiger partial charge in [-0.25, -0.2) is 0 Å². The van der Waals surface area contributed by atoms with Gasteiger partial charge in [0, 0.05) is 24.3 Å². The molecule has 5 heteroatoms. The van der Waals surface area contributed by atoms with Gasteiger partial charge in [0.25, 0.3) is 5.91 Å². The fourth-order valence-corrected chi connectivity index (χ4v) is 3.89. The zero-order chi connectivity index (χ0) is 18.6. The van der Waals surface area contributed by atoms with Crippen LogP contribution in [0, 0.1) is 0 Å². The second kappa shape index (κ2) is 7.82. The summed E-state index contributed by atoms with van der Waals surface area (Å²) >= 11 is 0. The maximum absolute atomic E-state index is 12.3. The number of benzene rings is 2. The number of fused-ring (bicyclic) bond motifs is 1. The lowest BCUT2D eigenvalue weighted by molar-refractivity contribution is -0.118. The maximum Gasteiger partial charge on any atom is 0.262 e. The monoisotopic (exact) mass is 364 g/mol. The van der Waals surface area contributed by atoms with Crippen molar-refractivity contribution in [3.63, 3.8) is 0 Å². The van der Waals surface area contributed by atoms with Crippen molar-refractivity contribution in [3.05, 3.63) is 53.6 Å². The Balaban J connectivity index is 1.38. The number of nitrogens with one attached hydrogen (secondary N) is 1. The molecular weight excluding hydrogens is 340 g/mol. The Bertz CT molecular complexity index is 862. The van der Waals surface area contributed by atoms with E-state index in [0.29, 0.717) is 12.1 Å². The summed E-state index contributed by atoms with van der Waals surface area (Å²) in [4.78, 5) is 26.0. The molecule has 2 amide bonds. The molecule has 2 aromatic carbocycles. The van der Waals surface area contributed by atoms with Crippen LogP contribution in [0.1, 0.15) is 36.8 Å². The number of anilines is 2. The summed E-state index contributed by atoms with van der Waals surface area (Å²) in [5.41, 5.74) is 4.08. The molecule has 0 atom stereocenters. The zero-order valence-electron chi connectivity index (χ0n) is 15.4. The van der Waals surface area contributed by atoms with Gasteiger partial charge in [0.15, 0.2) is 6.61 Å². The van der Waals surface area contributed by atoms with Crippen LogP contribution in [0.3, 0.4) is 0 Å². The summed E-state index contributed by atoms with van der Waals surface area (Å²) in [6.07, 6.45) is 5.95. The minimum atomic E-state index is -0.201. The van der Waals surface area contributed by atoms with Crippen molar-refractivity contribution in [2.24, 2.45) is 0 Å². The highest BCUT2D eigenvalue weighted by atomic mass is 16.5. The van der Waals surface area contributed by atoms with Crippen molar-refractivity contribution < 1.29 is 14.3 Å². The van der Waals surface area contributed by atoms with Crippen LogP contribution in [0.4, 0.5) is 11.4 Å². The second-order valence-electron chi connectivity index (χ2n) is 7.14. The zero-order valence-corrected chi connectivity index (χ0v) is 15.4. The van der Waals surface area contributed by atoms with Gasteiger partial charge in [0.1, 0.15) is 5.75 Å². The predicted molar refractivity (Wildman–Crippen MR) is 105 cm³/mol. The van der Waals surface area contributed by atoms with E-state index in [4.69, 9.17) is 4.74 Å². The smallest absolute Gasteiger partial charge is 0.262 e. The first-order valence-corrected chi connectivity index (χ1v) is 9.64. The van der Waals surface area contributed by atoms with Crippen molar-refractivity contribution >= 4 is 23.2 Å². The first kappa shape index (κ1) is 17.6. The molecule has 1 fully saturated rings. The summed E-state index contributed by atoms with van der Waals surface area (Å²) in [5.74, 6) is 0.753. The van der Waals surface area contributed by atoms with Crippen LogP contribution in [0.25, 0.3) is 0 Å². The van der Waals surface area contributed by atoms with Gasteiger partial charge < -0.3 is 15.0 Å². The molecule has 0 bridgehead atoms. The number of nitrogens with zero attached hydrogens (tertiary/aromatic N) is 1. The summed E-state index contributed by atoms with van der Waals surface area (Å²) in [7, 11) is 0. The van der Waals surface area contributed by atoms with Gasteiger partial charge in [-0.05, 0) is 67.5 Å². The molecule has 1 heterocycles. The second-order valence-corrected chi connectivity index (χ2v) is 7.14. The molecular formula is C22H24N2O3. The average Bonchev–Trinajstić information content (AvgIpc) is 3.12. The van der Waals surface area contributed by atoms with Crippen LogP contribution in [0.2, 0.25) is 0 Å². The molecule has 5 nitrogen and oxygen atoms in total. The van der Waals surface area contributed by atoms with E-state index in [1.807, 2.05) is 36.4 Å². The molecule has 2 aromatic rings. The van der Waals surface area contributed by atoms with Gasteiger partial charge in [-0.15, -0.1) is 0 Å². The fraction of sp³-hybridized carbons (Fsp3) is 0.364. The SMILES string of the molecule is O=C(COc1cccc2c1CCCC2)Nc1cccc(N2CCCC2=O)c1. The van der Waals surface area contributed by atoms with E-state index in [2.05, 4.69) is 11.4 Å². The summed E-state index contributed by atoms with van der Waals surface area (Å²) in [6, 6.07) is 13.5. The van der Waals surface area contributed by atoms with Gasteiger partial charge in [-0.2, -0.15) is 0 Å². The lowest BCUT2D eigenvalue weighted by Gasteiger charge is -2.19. The lowest BCUT2D eigenvalue weighted by Crippen LogP contribution is -2.24. The molecule has 0 saturated carbocycles. The molecule has 140 valence electrons. The minimum absolute atomic E-state index is 0.0245. The topological polar surface area (TPSA) is 58.6 Å². The minimum Gasteiger partial charge on any atom is -0.483 e. The maximum atomic E-state index is 12.3. The number of rotatable bonds is 5. The third-order valence-electron chi connectivity index (χ3n) is 5.23.